The van der Waals surface area contributed by atoms with Crippen molar-refractivity contribution < 1.29 is 4.79 Å². The largest absolute Gasteiger partial charge is 0.333 e. The quantitative estimate of drug-likeness (QED) is 0.561. The molecule has 2 amide bonds. The zero-order valence-corrected chi connectivity index (χ0v) is 8.26. The van der Waals surface area contributed by atoms with Gasteiger partial charge in [0.25, 0.3) is 0 Å². The van der Waals surface area contributed by atoms with Crippen LogP contribution < -0.4 is 10.6 Å². The summed E-state index contributed by atoms with van der Waals surface area (Å²) >= 11 is 0. The van der Waals surface area contributed by atoms with E-state index in [2.05, 4.69) is 29.5 Å². The number of piperidine rings is 1. The van der Waals surface area contributed by atoms with Crippen LogP contribution in [0.15, 0.2) is 0 Å². The molecule has 2 N–H and O–H groups in total. The van der Waals surface area contributed by atoms with E-state index in [0.29, 0.717) is 0 Å². The van der Waals surface area contributed by atoms with Gasteiger partial charge in [0.1, 0.15) is 0 Å². The van der Waals surface area contributed by atoms with E-state index in [1.807, 2.05) is 0 Å². The van der Waals surface area contributed by atoms with Crippen LogP contribution in [0.2, 0.25) is 0 Å². The zero-order chi connectivity index (χ0) is 9.47. The minimum absolute atomic E-state index is 0.00273. The highest BCUT2D eigenvalue weighted by Gasteiger charge is 2.45. The number of nitrogens with zero attached hydrogens (tertiary/aromatic N) is 1. The van der Waals surface area contributed by atoms with Crippen LogP contribution in [0.4, 0.5) is 4.79 Å². The Morgan fingerprint density at radius 2 is 2.08 bits per heavy atom. The highest BCUT2D eigenvalue weighted by molar-refractivity contribution is 5.78. The Kier molecular flexibility index (Phi) is 1.95. The molecule has 1 unspecified atom stereocenters. The molecule has 4 heteroatoms. The number of urea groups is 1. The third kappa shape index (κ3) is 1.39. The molecule has 2 heterocycles. The molecule has 2 rings (SSSR count). The summed E-state index contributed by atoms with van der Waals surface area (Å²) < 4.78 is 0. The van der Waals surface area contributed by atoms with Gasteiger partial charge in [-0.3, -0.25) is 0 Å². The number of amides is 2. The van der Waals surface area contributed by atoms with Gasteiger partial charge in [-0.2, -0.15) is 0 Å². The first-order valence-electron chi connectivity index (χ1n) is 4.90. The lowest BCUT2D eigenvalue weighted by atomic mass is 9.83. The molecule has 0 aromatic rings. The summed E-state index contributed by atoms with van der Waals surface area (Å²) in [5.41, 5.74) is 0.0313. The lowest BCUT2D eigenvalue weighted by molar-refractivity contribution is 0.161. The van der Waals surface area contributed by atoms with Gasteiger partial charge in [0.05, 0.1) is 11.6 Å². The lowest BCUT2D eigenvalue weighted by Crippen LogP contribution is -2.55. The first-order chi connectivity index (χ1) is 6.12. The van der Waals surface area contributed by atoms with Crippen molar-refractivity contribution in [2.45, 2.75) is 31.3 Å². The van der Waals surface area contributed by atoms with E-state index in [4.69, 9.17) is 0 Å². The highest BCUT2D eigenvalue weighted by atomic mass is 16.2. The molecule has 0 saturated carbocycles. The van der Waals surface area contributed by atoms with Gasteiger partial charge in [-0.15, -0.1) is 0 Å². The first-order valence-corrected chi connectivity index (χ1v) is 4.90. The number of rotatable bonds is 0. The van der Waals surface area contributed by atoms with Crippen molar-refractivity contribution in [3.63, 3.8) is 0 Å². The molecule has 2 fully saturated rings. The van der Waals surface area contributed by atoms with Crippen molar-refractivity contribution >= 4 is 6.03 Å². The van der Waals surface area contributed by atoms with E-state index in [-0.39, 0.29) is 17.6 Å². The fourth-order valence-electron chi connectivity index (χ4n) is 2.28. The summed E-state index contributed by atoms with van der Waals surface area (Å²) in [7, 11) is 2.13. The van der Waals surface area contributed by atoms with E-state index >= 15 is 0 Å². The molecule has 4 nitrogen and oxygen atoms in total. The summed E-state index contributed by atoms with van der Waals surface area (Å²) in [5, 5.41) is 5.99. The van der Waals surface area contributed by atoms with Gasteiger partial charge in [-0.05, 0) is 26.8 Å². The first kappa shape index (κ1) is 8.81. The predicted molar refractivity (Wildman–Crippen MR) is 50.6 cm³/mol. The topological polar surface area (TPSA) is 44.4 Å². The Morgan fingerprint density at radius 1 is 1.46 bits per heavy atom. The molecule has 2 saturated heterocycles. The van der Waals surface area contributed by atoms with E-state index in [0.717, 1.165) is 25.9 Å². The van der Waals surface area contributed by atoms with Crippen LogP contribution in [0.3, 0.4) is 0 Å². The van der Waals surface area contributed by atoms with Crippen molar-refractivity contribution in [2.75, 3.05) is 20.1 Å². The Hall–Kier alpha value is -0.770. The van der Waals surface area contributed by atoms with Gasteiger partial charge in [0.15, 0.2) is 0 Å². The van der Waals surface area contributed by atoms with Crippen LogP contribution in [0, 0.1) is 0 Å². The molecule has 0 radical (unpaired) electrons. The second-order valence-electron chi connectivity index (χ2n) is 4.28. The van der Waals surface area contributed by atoms with Crippen molar-refractivity contribution in [1.82, 2.24) is 15.5 Å². The summed E-state index contributed by atoms with van der Waals surface area (Å²) in [6.07, 6.45) is 2.12. The second-order valence-corrected chi connectivity index (χ2v) is 4.28. The molecule has 2 aliphatic heterocycles. The normalized spacial score (nSPS) is 33.1. The van der Waals surface area contributed by atoms with Gasteiger partial charge in [-0.25, -0.2) is 4.79 Å². The van der Waals surface area contributed by atoms with Gasteiger partial charge >= 0.3 is 6.03 Å². The molecule has 0 bridgehead atoms. The maximum Gasteiger partial charge on any atom is 0.315 e. The summed E-state index contributed by atoms with van der Waals surface area (Å²) in [4.78, 5) is 13.5. The number of likely N-dealkylation sites (tertiary alicyclic amines) is 1. The molecule has 2 aliphatic rings. The molecular weight excluding hydrogens is 166 g/mol. The number of nitrogens with one attached hydrogen (secondary N) is 2. The fourth-order valence-corrected chi connectivity index (χ4v) is 2.28. The predicted octanol–water partition coefficient (Wildman–Crippen LogP) is 0.152. The number of hydrogen-bond donors (Lipinski definition) is 2. The minimum Gasteiger partial charge on any atom is -0.333 e. The van der Waals surface area contributed by atoms with Crippen LogP contribution in [0.25, 0.3) is 0 Å². The van der Waals surface area contributed by atoms with Gasteiger partial charge in [-0.1, -0.05) is 0 Å². The molecule has 13 heavy (non-hydrogen) atoms. The molecule has 0 aromatic heterocycles. The molecule has 0 aromatic carbocycles. The Bertz CT molecular complexity index is 221. The van der Waals surface area contributed by atoms with Crippen LogP contribution in [-0.4, -0.2) is 42.6 Å². The average molecular weight is 183 g/mol. The monoisotopic (exact) mass is 183 g/mol. The van der Waals surface area contributed by atoms with Gasteiger partial charge in [0.2, 0.25) is 0 Å². The fraction of sp³-hybridized carbons (Fsp3) is 0.889. The minimum atomic E-state index is -0.00273. The van der Waals surface area contributed by atoms with E-state index in [1.165, 1.54) is 0 Å². The summed E-state index contributed by atoms with van der Waals surface area (Å²) in [6.45, 7) is 4.24. The lowest BCUT2D eigenvalue weighted by Gasteiger charge is -2.39. The summed E-state index contributed by atoms with van der Waals surface area (Å²) in [5.74, 6) is 0. The standard InChI is InChI=1S/C9H17N3O/c1-7-9(11-8(13)10-7)3-5-12(2)6-4-9/h7H,3-6H2,1-2H3,(H2,10,11,13). The maximum atomic E-state index is 11.2. The van der Waals surface area contributed by atoms with Crippen molar-refractivity contribution in [3.05, 3.63) is 0 Å². The van der Waals surface area contributed by atoms with E-state index < -0.39 is 0 Å². The molecular formula is C9H17N3O. The smallest absolute Gasteiger partial charge is 0.315 e. The van der Waals surface area contributed by atoms with Crippen LogP contribution in [-0.2, 0) is 0 Å². The SMILES string of the molecule is CC1NC(=O)NC12CCN(C)CC2. The summed E-state index contributed by atoms with van der Waals surface area (Å²) in [6, 6.07) is 0.269. The number of hydrogen-bond acceptors (Lipinski definition) is 2. The van der Waals surface area contributed by atoms with Crippen molar-refractivity contribution in [3.8, 4) is 0 Å². The third-order valence-electron chi connectivity index (χ3n) is 3.42. The van der Waals surface area contributed by atoms with Crippen LogP contribution in [0.5, 0.6) is 0 Å². The van der Waals surface area contributed by atoms with Crippen molar-refractivity contribution in [1.29, 1.82) is 0 Å². The van der Waals surface area contributed by atoms with Crippen LogP contribution >= 0.6 is 0 Å². The molecule has 1 atom stereocenters. The third-order valence-corrected chi connectivity index (χ3v) is 3.42. The zero-order valence-electron chi connectivity index (χ0n) is 8.26. The van der Waals surface area contributed by atoms with E-state index in [1.54, 1.807) is 0 Å². The van der Waals surface area contributed by atoms with Crippen molar-refractivity contribution in [2.24, 2.45) is 0 Å². The van der Waals surface area contributed by atoms with Gasteiger partial charge in [0, 0.05) is 13.1 Å². The Morgan fingerprint density at radius 3 is 2.54 bits per heavy atom. The maximum absolute atomic E-state index is 11.2. The second kappa shape index (κ2) is 2.87. The number of carbonyl (C=O) groups is 1. The highest BCUT2D eigenvalue weighted by Crippen LogP contribution is 2.28. The molecule has 0 aliphatic carbocycles. The average Bonchev–Trinajstić information content (AvgIpc) is 2.34. The Labute approximate surface area is 78.7 Å². The van der Waals surface area contributed by atoms with Crippen LogP contribution in [0.1, 0.15) is 19.8 Å². The Balaban J connectivity index is 2.08. The molecule has 74 valence electrons. The molecule has 1 spiro atoms. The van der Waals surface area contributed by atoms with Gasteiger partial charge < -0.3 is 15.5 Å². The number of carbonyl (C=O) groups excluding carboxylic acids is 1. The van der Waals surface area contributed by atoms with E-state index in [9.17, 15) is 4.79 Å².